The summed E-state index contributed by atoms with van der Waals surface area (Å²) in [6, 6.07) is 18.4. The molecule has 1 heterocycles. The topological polar surface area (TPSA) is 71.1 Å². The predicted molar refractivity (Wildman–Crippen MR) is 99.2 cm³/mol. The van der Waals surface area contributed by atoms with Crippen molar-refractivity contribution in [3.8, 4) is 0 Å². The van der Waals surface area contributed by atoms with Gasteiger partial charge >= 0.3 is 0 Å². The molecule has 1 aromatic heterocycles. The fourth-order valence-corrected chi connectivity index (χ4v) is 2.37. The Morgan fingerprint density at radius 3 is 2.48 bits per heavy atom. The van der Waals surface area contributed by atoms with Gasteiger partial charge in [-0.25, -0.2) is 4.98 Å². The third-order valence-electron chi connectivity index (χ3n) is 3.68. The first-order valence-electron chi connectivity index (χ1n) is 7.83. The maximum Gasteiger partial charge on any atom is 0.251 e. The number of benzene rings is 2. The minimum atomic E-state index is -0.266. The van der Waals surface area contributed by atoms with Crippen LogP contribution in [0, 0.1) is 0 Å². The van der Waals surface area contributed by atoms with E-state index in [-0.39, 0.29) is 11.8 Å². The van der Waals surface area contributed by atoms with Gasteiger partial charge in [-0.3, -0.25) is 9.59 Å². The van der Waals surface area contributed by atoms with Gasteiger partial charge in [-0.15, -0.1) is 0 Å². The Morgan fingerprint density at radius 2 is 1.72 bits per heavy atom. The number of fused-ring (bicyclic) bond motifs is 1. The standard InChI is InChI=1S/C20H17N3O2/c1-21-20(25)16-9-6-14(7-10-16)8-13-19(24)23-18-12-11-15-4-2-3-5-17(15)22-18/h2-13H,1H3,(H,21,25)(H,22,23,24)/b13-8+. The van der Waals surface area contributed by atoms with E-state index in [0.717, 1.165) is 16.5 Å². The third-order valence-corrected chi connectivity index (χ3v) is 3.68. The highest BCUT2D eigenvalue weighted by Crippen LogP contribution is 2.14. The van der Waals surface area contributed by atoms with Crippen molar-refractivity contribution >= 4 is 34.6 Å². The molecule has 0 radical (unpaired) electrons. The quantitative estimate of drug-likeness (QED) is 0.721. The number of anilines is 1. The average molecular weight is 331 g/mol. The second-order valence-electron chi connectivity index (χ2n) is 5.41. The molecule has 3 aromatic rings. The van der Waals surface area contributed by atoms with Crippen LogP contribution in [0.5, 0.6) is 0 Å². The van der Waals surface area contributed by atoms with Crippen LogP contribution in [0.15, 0.2) is 66.7 Å². The van der Waals surface area contributed by atoms with Gasteiger partial charge in [0, 0.05) is 24.1 Å². The normalized spacial score (nSPS) is 10.8. The zero-order chi connectivity index (χ0) is 17.6. The van der Waals surface area contributed by atoms with E-state index in [9.17, 15) is 9.59 Å². The maximum atomic E-state index is 12.0. The Labute approximate surface area is 145 Å². The first kappa shape index (κ1) is 16.4. The lowest BCUT2D eigenvalue weighted by atomic mass is 10.1. The van der Waals surface area contributed by atoms with Crippen LogP contribution in [0.1, 0.15) is 15.9 Å². The summed E-state index contributed by atoms with van der Waals surface area (Å²) < 4.78 is 0. The van der Waals surface area contributed by atoms with Crippen LogP contribution in [0.4, 0.5) is 5.82 Å². The summed E-state index contributed by atoms with van der Waals surface area (Å²) in [5, 5.41) is 6.33. The average Bonchev–Trinajstić information content (AvgIpc) is 2.66. The summed E-state index contributed by atoms with van der Waals surface area (Å²) in [5.41, 5.74) is 2.23. The first-order chi connectivity index (χ1) is 12.2. The number of nitrogens with one attached hydrogen (secondary N) is 2. The Balaban J connectivity index is 1.66. The molecule has 0 aliphatic heterocycles. The fraction of sp³-hybridized carbons (Fsp3) is 0.0500. The van der Waals surface area contributed by atoms with E-state index in [1.807, 2.05) is 30.3 Å². The molecule has 25 heavy (non-hydrogen) atoms. The molecule has 0 fully saturated rings. The highest BCUT2D eigenvalue weighted by molar-refractivity contribution is 6.02. The van der Waals surface area contributed by atoms with E-state index in [1.54, 1.807) is 43.5 Å². The summed E-state index contributed by atoms with van der Waals surface area (Å²) in [6.45, 7) is 0. The Bertz CT molecular complexity index is 947. The molecule has 0 spiro atoms. The molecule has 0 saturated heterocycles. The van der Waals surface area contributed by atoms with Gasteiger partial charge in [0.25, 0.3) is 5.91 Å². The number of hydrogen-bond acceptors (Lipinski definition) is 3. The molecule has 0 unspecified atom stereocenters. The van der Waals surface area contributed by atoms with Crippen molar-refractivity contribution in [3.05, 3.63) is 77.9 Å². The van der Waals surface area contributed by atoms with Crippen molar-refractivity contribution in [1.29, 1.82) is 0 Å². The summed E-state index contributed by atoms with van der Waals surface area (Å²) >= 11 is 0. The van der Waals surface area contributed by atoms with E-state index in [1.165, 1.54) is 6.08 Å². The van der Waals surface area contributed by atoms with Gasteiger partial charge in [-0.1, -0.05) is 30.3 Å². The van der Waals surface area contributed by atoms with E-state index in [0.29, 0.717) is 11.4 Å². The number of para-hydroxylation sites is 1. The molecule has 2 aromatic carbocycles. The molecule has 124 valence electrons. The fourth-order valence-electron chi connectivity index (χ4n) is 2.37. The number of carbonyl (C=O) groups excluding carboxylic acids is 2. The first-order valence-corrected chi connectivity index (χ1v) is 7.83. The lowest BCUT2D eigenvalue weighted by Crippen LogP contribution is -2.17. The van der Waals surface area contributed by atoms with Gasteiger partial charge in [0.2, 0.25) is 5.91 Å². The van der Waals surface area contributed by atoms with Crippen LogP contribution >= 0.6 is 0 Å². The van der Waals surface area contributed by atoms with Crippen LogP contribution < -0.4 is 10.6 Å². The summed E-state index contributed by atoms with van der Waals surface area (Å²) in [6.07, 6.45) is 3.12. The Morgan fingerprint density at radius 1 is 0.960 bits per heavy atom. The zero-order valence-electron chi connectivity index (χ0n) is 13.7. The molecule has 2 N–H and O–H groups in total. The molecule has 5 nitrogen and oxygen atoms in total. The number of nitrogens with zero attached hydrogens (tertiary/aromatic N) is 1. The predicted octanol–water partition coefficient (Wildman–Crippen LogP) is 3.25. The smallest absolute Gasteiger partial charge is 0.251 e. The van der Waals surface area contributed by atoms with Gasteiger partial charge in [0.15, 0.2) is 0 Å². The monoisotopic (exact) mass is 331 g/mol. The molecule has 0 saturated carbocycles. The number of amides is 2. The molecule has 0 aliphatic carbocycles. The minimum Gasteiger partial charge on any atom is -0.355 e. The van der Waals surface area contributed by atoms with Crippen LogP contribution in [0.3, 0.4) is 0 Å². The summed E-state index contributed by atoms with van der Waals surface area (Å²) in [7, 11) is 1.58. The van der Waals surface area contributed by atoms with Crippen LogP contribution in [-0.2, 0) is 4.79 Å². The van der Waals surface area contributed by atoms with Gasteiger partial charge < -0.3 is 10.6 Å². The number of aromatic nitrogens is 1. The number of rotatable bonds is 4. The lowest BCUT2D eigenvalue weighted by Gasteiger charge is -2.03. The third kappa shape index (κ3) is 4.09. The molecular formula is C20H17N3O2. The maximum absolute atomic E-state index is 12.0. The molecule has 0 aliphatic rings. The van der Waals surface area contributed by atoms with Gasteiger partial charge in [-0.05, 0) is 42.0 Å². The van der Waals surface area contributed by atoms with Crippen LogP contribution in [0.2, 0.25) is 0 Å². The highest BCUT2D eigenvalue weighted by Gasteiger charge is 2.03. The van der Waals surface area contributed by atoms with Crippen molar-refractivity contribution in [2.45, 2.75) is 0 Å². The van der Waals surface area contributed by atoms with Crippen molar-refractivity contribution in [2.24, 2.45) is 0 Å². The second kappa shape index (κ2) is 7.40. The van der Waals surface area contributed by atoms with Gasteiger partial charge in [0.1, 0.15) is 5.82 Å². The van der Waals surface area contributed by atoms with E-state index in [4.69, 9.17) is 0 Å². The van der Waals surface area contributed by atoms with Crippen molar-refractivity contribution < 1.29 is 9.59 Å². The van der Waals surface area contributed by atoms with Crippen molar-refractivity contribution in [3.63, 3.8) is 0 Å². The molecule has 0 atom stereocenters. The Kier molecular flexibility index (Phi) is 4.85. The molecule has 5 heteroatoms. The Hall–Kier alpha value is -3.47. The van der Waals surface area contributed by atoms with E-state index in [2.05, 4.69) is 15.6 Å². The molecule has 3 rings (SSSR count). The zero-order valence-corrected chi connectivity index (χ0v) is 13.7. The van der Waals surface area contributed by atoms with Gasteiger partial charge in [0.05, 0.1) is 5.52 Å². The summed E-state index contributed by atoms with van der Waals surface area (Å²) in [5.74, 6) is 0.0946. The minimum absolute atomic E-state index is 0.143. The van der Waals surface area contributed by atoms with Crippen LogP contribution in [0.25, 0.3) is 17.0 Å². The number of carbonyl (C=O) groups is 2. The second-order valence-corrected chi connectivity index (χ2v) is 5.41. The molecular weight excluding hydrogens is 314 g/mol. The highest BCUT2D eigenvalue weighted by atomic mass is 16.2. The lowest BCUT2D eigenvalue weighted by molar-refractivity contribution is -0.111. The van der Waals surface area contributed by atoms with E-state index >= 15 is 0 Å². The van der Waals surface area contributed by atoms with Crippen molar-refractivity contribution in [2.75, 3.05) is 12.4 Å². The van der Waals surface area contributed by atoms with Gasteiger partial charge in [-0.2, -0.15) is 0 Å². The van der Waals surface area contributed by atoms with E-state index < -0.39 is 0 Å². The number of hydrogen-bond donors (Lipinski definition) is 2. The largest absolute Gasteiger partial charge is 0.355 e. The number of pyridine rings is 1. The summed E-state index contributed by atoms with van der Waals surface area (Å²) in [4.78, 5) is 27.9. The van der Waals surface area contributed by atoms with Crippen molar-refractivity contribution in [1.82, 2.24) is 10.3 Å². The van der Waals surface area contributed by atoms with Crippen LogP contribution in [-0.4, -0.2) is 23.8 Å². The SMILES string of the molecule is CNC(=O)c1ccc(/C=C/C(=O)Nc2ccc3ccccc3n2)cc1. The molecule has 2 amide bonds. The molecule has 0 bridgehead atoms.